The Bertz CT molecular complexity index is 974. The van der Waals surface area contributed by atoms with E-state index in [1.165, 1.54) is 17.4 Å². The van der Waals surface area contributed by atoms with E-state index < -0.39 is 6.43 Å². The molecule has 2 aliphatic heterocycles. The van der Waals surface area contributed by atoms with Gasteiger partial charge in [-0.15, -0.1) is 10.2 Å². The predicted molar refractivity (Wildman–Crippen MR) is 106 cm³/mol. The van der Waals surface area contributed by atoms with Crippen LogP contribution in [0.25, 0.3) is 10.7 Å². The summed E-state index contributed by atoms with van der Waals surface area (Å²) in [5, 5.41) is 8.69. The molecular formula is C19H19F2N7S. The molecule has 3 aromatic heterocycles. The van der Waals surface area contributed by atoms with Gasteiger partial charge >= 0.3 is 0 Å². The van der Waals surface area contributed by atoms with Gasteiger partial charge in [0.2, 0.25) is 0 Å². The van der Waals surface area contributed by atoms with Gasteiger partial charge in [-0.1, -0.05) is 11.3 Å². The minimum atomic E-state index is -2.53. The third-order valence-corrected chi connectivity index (χ3v) is 6.31. The van der Waals surface area contributed by atoms with Crippen molar-refractivity contribution in [2.75, 3.05) is 36.0 Å². The summed E-state index contributed by atoms with van der Waals surface area (Å²) in [6, 6.07) is 3.17. The summed E-state index contributed by atoms with van der Waals surface area (Å²) < 4.78 is 25.5. The van der Waals surface area contributed by atoms with Gasteiger partial charge in [0.25, 0.3) is 6.43 Å². The zero-order valence-electron chi connectivity index (χ0n) is 15.6. The fraction of sp³-hybridized carbons (Fsp3) is 0.421. The number of alkyl halides is 2. The van der Waals surface area contributed by atoms with Gasteiger partial charge in [0.1, 0.15) is 22.7 Å². The van der Waals surface area contributed by atoms with Gasteiger partial charge in [0, 0.05) is 31.6 Å². The van der Waals surface area contributed by atoms with E-state index in [0.717, 1.165) is 61.2 Å². The molecule has 3 aromatic rings. The first-order valence-electron chi connectivity index (χ1n) is 9.45. The van der Waals surface area contributed by atoms with Crippen LogP contribution in [0.5, 0.6) is 0 Å². The van der Waals surface area contributed by atoms with Gasteiger partial charge < -0.3 is 9.80 Å². The molecule has 0 N–H and O–H groups in total. The predicted octanol–water partition coefficient (Wildman–Crippen LogP) is 3.43. The molecule has 0 radical (unpaired) electrons. The molecular weight excluding hydrogens is 396 g/mol. The molecule has 2 aliphatic rings. The van der Waals surface area contributed by atoms with Crippen LogP contribution in [0.2, 0.25) is 0 Å². The first-order chi connectivity index (χ1) is 14.1. The first-order valence-corrected chi connectivity index (χ1v) is 10.3. The smallest absolute Gasteiger partial charge is 0.280 e. The number of hydrogen-bond acceptors (Lipinski definition) is 8. The highest BCUT2D eigenvalue weighted by atomic mass is 32.1. The number of piperidine rings is 1. The highest BCUT2D eigenvalue weighted by Gasteiger charge is 2.46. The molecule has 10 heteroatoms. The molecule has 5 rings (SSSR count). The SMILES string of the molecule is FC(F)c1ccc(N2CCCC3(C2)CN(c2cncc(-c4nncs4)n2)C3)cn1. The lowest BCUT2D eigenvalue weighted by atomic mass is 9.73. The van der Waals surface area contributed by atoms with Crippen molar-refractivity contribution >= 4 is 22.8 Å². The summed E-state index contributed by atoms with van der Waals surface area (Å²) >= 11 is 1.44. The van der Waals surface area contributed by atoms with Crippen LogP contribution in [0.15, 0.2) is 36.2 Å². The van der Waals surface area contributed by atoms with Crippen LogP contribution in [0, 0.1) is 5.41 Å². The normalized spacial score (nSPS) is 18.3. The van der Waals surface area contributed by atoms with Crippen molar-refractivity contribution in [3.63, 3.8) is 0 Å². The lowest BCUT2D eigenvalue weighted by Crippen LogP contribution is -2.63. The summed E-state index contributed by atoms with van der Waals surface area (Å²) in [4.78, 5) is 17.4. The quantitative estimate of drug-likeness (QED) is 0.646. The van der Waals surface area contributed by atoms with Crippen LogP contribution >= 0.6 is 11.3 Å². The van der Waals surface area contributed by atoms with E-state index in [1.54, 1.807) is 30.2 Å². The molecule has 7 nitrogen and oxygen atoms in total. The standard InChI is InChI=1S/C19H19F2N7S/c20-17(21)14-3-2-13(6-23-14)27-5-1-4-19(9-27)10-28(11-19)16-8-22-7-15(25-16)18-26-24-12-29-18/h2-3,6-8,12,17H,1,4-5,9-11H2. The molecule has 29 heavy (non-hydrogen) atoms. The molecule has 0 saturated carbocycles. The third-order valence-electron chi connectivity index (χ3n) is 5.60. The molecule has 0 amide bonds. The van der Waals surface area contributed by atoms with Crippen molar-refractivity contribution in [3.05, 3.63) is 41.9 Å². The fourth-order valence-corrected chi connectivity index (χ4v) is 4.73. The van der Waals surface area contributed by atoms with Crippen LogP contribution in [0.4, 0.5) is 20.3 Å². The molecule has 2 saturated heterocycles. The number of aromatic nitrogens is 5. The van der Waals surface area contributed by atoms with E-state index >= 15 is 0 Å². The molecule has 0 bridgehead atoms. The second-order valence-electron chi connectivity index (χ2n) is 7.63. The van der Waals surface area contributed by atoms with Gasteiger partial charge in [-0.05, 0) is 25.0 Å². The topological polar surface area (TPSA) is 70.9 Å². The van der Waals surface area contributed by atoms with Crippen molar-refractivity contribution in [1.29, 1.82) is 0 Å². The maximum Gasteiger partial charge on any atom is 0.280 e. The summed E-state index contributed by atoms with van der Waals surface area (Å²) in [6.07, 6.45) is 4.73. The Labute approximate surface area is 170 Å². The largest absolute Gasteiger partial charge is 0.370 e. The molecule has 0 unspecified atom stereocenters. The average molecular weight is 415 g/mol. The zero-order chi connectivity index (χ0) is 19.8. The molecule has 150 valence electrons. The number of rotatable bonds is 4. The maximum atomic E-state index is 12.8. The number of pyridine rings is 1. The molecule has 2 fully saturated rings. The van der Waals surface area contributed by atoms with Gasteiger partial charge in [0.05, 0.1) is 24.3 Å². The Morgan fingerprint density at radius 1 is 1.07 bits per heavy atom. The van der Waals surface area contributed by atoms with Gasteiger partial charge in [-0.3, -0.25) is 9.97 Å². The second kappa shape index (κ2) is 7.25. The summed E-state index contributed by atoms with van der Waals surface area (Å²) in [6.45, 7) is 3.62. The first kappa shape index (κ1) is 18.3. The average Bonchev–Trinajstić information content (AvgIpc) is 3.27. The molecule has 0 aliphatic carbocycles. The van der Waals surface area contributed by atoms with E-state index in [2.05, 4.69) is 30.0 Å². The van der Waals surface area contributed by atoms with E-state index in [0.29, 0.717) is 0 Å². The molecule has 0 atom stereocenters. The van der Waals surface area contributed by atoms with Crippen molar-refractivity contribution < 1.29 is 8.78 Å². The number of anilines is 2. The zero-order valence-corrected chi connectivity index (χ0v) is 16.4. The number of hydrogen-bond donors (Lipinski definition) is 0. The lowest BCUT2D eigenvalue weighted by molar-refractivity contribution is 0.146. The lowest BCUT2D eigenvalue weighted by Gasteiger charge is -2.55. The van der Waals surface area contributed by atoms with Crippen molar-refractivity contribution in [2.45, 2.75) is 19.3 Å². The molecule has 0 aromatic carbocycles. The van der Waals surface area contributed by atoms with Crippen molar-refractivity contribution in [3.8, 4) is 10.7 Å². The van der Waals surface area contributed by atoms with Crippen LogP contribution < -0.4 is 9.80 Å². The van der Waals surface area contributed by atoms with E-state index in [9.17, 15) is 8.78 Å². The van der Waals surface area contributed by atoms with Crippen molar-refractivity contribution in [2.24, 2.45) is 5.41 Å². The Morgan fingerprint density at radius 3 is 2.66 bits per heavy atom. The summed E-state index contributed by atoms with van der Waals surface area (Å²) in [7, 11) is 0. The second-order valence-corrected chi connectivity index (χ2v) is 8.46. The Balaban J connectivity index is 1.27. The van der Waals surface area contributed by atoms with E-state index in [4.69, 9.17) is 4.98 Å². The van der Waals surface area contributed by atoms with Gasteiger partial charge in [-0.25, -0.2) is 13.8 Å². The number of nitrogens with zero attached hydrogens (tertiary/aromatic N) is 7. The fourth-order valence-electron chi connectivity index (χ4n) is 4.22. The van der Waals surface area contributed by atoms with Crippen LogP contribution in [-0.2, 0) is 0 Å². The van der Waals surface area contributed by atoms with Crippen LogP contribution in [0.1, 0.15) is 25.0 Å². The summed E-state index contributed by atoms with van der Waals surface area (Å²) in [5.74, 6) is 0.850. The van der Waals surface area contributed by atoms with Gasteiger partial charge in [-0.2, -0.15) is 0 Å². The Hall–Kier alpha value is -2.75. The maximum absolute atomic E-state index is 12.8. The summed E-state index contributed by atoms with van der Waals surface area (Å²) in [5.41, 5.74) is 3.33. The Kier molecular flexibility index (Phi) is 4.57. The third kappa shape index (κ3) is 3.52. The highest BCUT2D eigenvalue weighted by Crippen LogP contribution is 2.42. The van der Waals surface area contributed by atoms with Crippen molar-refractivity contribution in [1.82, 2.24) is 25.1 Å². The molecule has 1 spiro atoms. The van der Waals surface area contributed by atoms with Crippen LogP contribution in [0.3, 0.4) is 0 Å². The van der Waals surface area contributed by atoms with Gasteiger partial charge in [0.15, 0.2) is 5.01 Å². The Morgan fingerprint density at radius 2 is 1.93 bits per heavy atom. The highest BCUT2D eigenvalue weighted by molar-refractivity contribution is 7.12. The number of halogens is 2. The van der Waals surface area contributed by atoms with Crippen LogP contribution in [-0.4, -0.2) is 51.3 Å². The van der Waals surface area contributed by atoms with E-state index in [1.807, 2.05) is 0 Å². The van der Waals surface area contributed by atoms with E-state index in [-0.39, 0.29) is 11.1 Å². The monoisotopic (exact) mass is 415 g/mol. The minimum Gasteiger partial charge on any atom is -0.370 e. The minimum absolute atomic E-state index is 0.177. The molecule has 5 heterocycles.